The third-order valence-electron chi connectivity index (χ3n) is 11.8. The molecule has 0 unspecified atom stereocenters. The summed E-state index contributed by atoms with van der Waals surface area (Å²) in [7, 11) is 0. The molecule has 0 aliphatic heterocycles. The molecule has 0 amide bonds. The van der Waals surface area contributed by atoms with Gasteiger partial charge in [0.05, 0.1) is 0 Å². The van der Waals surface area contributed by atoms with E-state index in [1.54, 1.807) is 11.3 Å². The average molecular weight is 935 g/mol. The van der Waals surface area contributed by atoms with Gasteiger partial charge in [-0.15, -0.1) is 40.5 Å². The van der Waals surface area contributed by atoms with E-state index in [1.165, 1.54) is 42.9 Å². The van der Waals surface area contributed by atoms with Crippen LogP contribution in [0.25, 0.3) is 53.5 Å². The molecule has 1 radical (unpaired) electrons. The fourth-order valence-electron chi connectivity index (χ4n) is 7.10. The number of hydrogen-bond acceptors (Lipinski definition) is 5. The summed E-state index contributed by atoms with van der Waals surface area (Å²) in [4.78, 5) is 18.3. The Balaban J connectivity index is 0.000000320. The molecule has 3 aromatic carbocycles. The van der Waals surface area contributed by atoms with Crippen molar-refractivity contribution in [2.75, 3.05) is 0 Å². The summed E-state index contributed by atoms with van der Waals surface area (Å²) in [5.41, 5.74) is 6.25. The van der Waals surface area contributed by atoms with Crippen LogP contribution in [-0.2, 0) is 36.7 Å². The van der Waals surface area contributed by atoms with Gasteiger partial charge in [-0.25, -0.2) is 0 Å². The number of aromatic nitrogens is 1. The number of aryl methyl sites for hydroxylation is 1. The van der Waals surface area contributed by atoms with Crippen molar-refractivity contribution in [2.45, 2.75) is 121 Å². The molecule has 0 saturated carbocycles. The predicted molar refractivity (Wildman–Crippen MR) is 232 cm³/mol. The van der Waals surface area contributed by atoms with Crippen LogP contribution in [0.4, 0.5) is 0 Å². The largest absolute Gasteiger partial charge is 0.512 e. The number of aliphatic hydroxyl groups is 1. The number of allylic oxidation sites excluding steroid dienone is 2. The first-order valence-corrected chi connectivity index (χ1v) is 20.6. The average Bonchev–Trinajstić information content (AvgIpc) is 3.73. The summed E-state index contributed by atoms with van der Waals surface area (Å²) in [5, 5.41) is 15.0. The molecule has 0 spiro atoms. The van der Waals surface area contributed by atoms with E-state index in [2.05, 4.69) is 108 Å². The summed E-state index contributed by atoms with van der Waals surface area (Å²) in [6.45, 7) is 25.5. The Hall–Kier alpha value is -3.57. The molecule has 3 heterocycles. The molecule has 0 aliphatic carbocycles. The fraction of sp³-hybridized carbons (Fsp3) is 0.429. The number of nitrogens with zero attached hydrogens (tertiary/aromatic N) is 1. The standard InChI is InChI=1S/C34H32NOS.C15H28O2.Ir/c1-20(2)16-28-21(3)36-32-26(28)12-9-13-27(32)30-19-23-14-15-35-31(33(23)37-30)24-17-22-10-7-8-11-25(22)29(18-24)34(4,5)6;1-7-14(5,8-2)12(16)11-13(17)15(6,9-3)10-4;/h7-15,18-20H,16H2,1-6H3;11,16H,7-10H2,1-6H3;/q-1;;/b;12-11-;. The molecule has 0 saturated heterocycles. The molecular formula is C49H60IrNO3S-. The smallest absolute Gasteiger partial charge is 0.164 e. The molecule has 0 atom stereocenters. The third-order valence-corrected chi connectivity index (χ3v) is 13.0. The Bertz CT molecular complexity index is 2290. The first-order valence-electron chi connectivity index (χ1n) is 19.8. The van der Waals surface area contributed by atoms with Crippen LogP contribution in [0.5, 0.6) is 0 Å². The second-order valence-corrected chi connectivity index (χ2v) is 18.0. The van der Waals surface area contributed by atoms with Crippen LogP contribution in [0.15, 0.2) is 83.1 Å². The first-order chi connectivity index (χ1) is 25.5. The zero-order chi connectivity index (χ0) is 39.6. The third kappa shape index (κ3) is 9.19. The Kier molecular flexibility index (Phi) is 14.2. The van der Waals surface area contributed by atoms with Crippen molar-refractivity contribution < 1.29 is 34.4 Å². The van der Waals surface area contributed by atoms with Crippen LogP contribution in [-0.4, -0.2) is 15.9 Å². The monoisotopic (exact) mass is 935 g/mol. The second-order valence-electron chi connectivity index (χ2n) is 16.9. The summed E-state index contributed by atoms with van der Waals surface area (Å²) >= 11 is 1.79. The first kappa shape index (κ1) is 44.1. The van der Waals surface area contributed by atoms with E-state index in [-0.39, 0.29) is 47.9 Å². The number of carbonyl (C=O) groups excluding carboxylic acids is 1. The van der Waals surface area contributed by atoms with Gasteiger partial charge in [-0.1, -0.05) is 117 Å². The minimum atomic E-state index is -0.337. The molecular weight excluding hydrogens is 875 g/mol. The number of rotatable bonds is 11. The van der Waals surface area contributed by atoms with Crippen LogP contribution in [0.2, 0.25) is 0 Å². The molecule has 0 fully saturated rings. The van der Waals surface area contributed by atoms with Crippen LogP contribution in [0.1, 0.15) is 119 Å². The number of carbonyl (C=O) groups is 1. The number of benzene rings is 3. The molecule has 3 aromatic heterocycles. The topological polar surface area (TPSA) is 63.3 Å². The quantitative estimate of drug-likeness (QED) is 0.0799. The number of para-hydroxylation sites is 1. The van der Waals surface area contributed by atoms with E-state index in [9.17, 15) is 9.90 Å². The zero-order valence-electron chi connectivity index (χ0n) is 35.0. The molecule has 4 nitrogen and oxygen atoms in total. The number of thiophene rings is 1. The number of aliphatic hydroxyl groups excluding tert-OH is 1. The Labute approximate surface area is 347 Å². The Morgan fingerprint density at radius 3 is 2.15 bits per heavy atom. The Morgan fingerprint density at radius 2 is 1.53 bits per heavy atom. The molecule has 295 valence electrons. The van der Waals surface area contributed by atoms with Gasteiger partial charge in [-0.05, 0) is 73.9 Å². The number of hydrogen-bond donors (Lipinski definition) is 1. The van der Waals surface area contributed by atoms with E-state index < -0.39 is 0 Å². The molecule has 0 bridgehead atoms. The maximum Gasteiger partial charge on any atom is 0.164 e. The van der Waals surface area contributed by atoms with Crippen molar-refractivity contribution in [3.05, 3.63) is 102 Å². The van der Waals surface area contributed by atoms with Crippen molar-refractivity contribution in [3.63, 3.8) is 0 Å². The van der Waals surface area contributed by atoms with Gasteiger partial charge in [0.25, 0.3) is 0 Å². The normalized spacial score (nSPS) is 12.6. The molecule has 1 N–H and O–H groups in total. The van der Waals surface area contributed by atoms with Crippen molar-refractivity contribution in [3.8, 4) is 21.7 Å². The fourth-order valence-corrected chi connectivity index (χ4v) is 8.28. The minimum Gasteiger partial charge on any atom is -0.512 e. The van der Waals surface area contributed by atoms with E-state index in [0.29, 0.717) is 5.92 Å². The van der Waals surface area contributed by atoms with Crippen LogP contribution >= 0.6 is 11.3 Å². The Morgan fingerprint density at radius 1 is 0.891 bits per heavy atom. The van der Waals surface area contributed by atoms with Gasteiger partial charge in [0, 0.05) is 75.0 Å². The van der Waals surface area contributed by atoms with Gasteiger partial charge in [0.2, 0.25) is 0 Å². The molecule has 0 aliphatic rings. The molecule has 6 heteroatoms. The number of furan rings is 1. The molecule has 6 aromatic rings. The molecule has 6 rings (SSSR count). The second kappa shape index (κ2) is 17.7. The number of fused-ring (bicyclic) bond motifs is 3. The van der Waals surface area contributed by atoms with Gasteiger partial charge in [-0.3, -0.25) is 9.78 Å². The van der Waals surface area contributed by atoms with Crippen LogP contribution < -0.4 is 0 Å². The summed E-state index contributed by atoms with van der Waals surface area (Å²) in [6, 6.07) is 25.5. The van der Waals surface area contributed by atoms with Crippen LogP contribution in [0, 0.1) is 29.7 Å². The van der Waals surface area contributed by atoms with E-state index >= 15 is 0 Å². The maximum absolute atomic E-state index is 12.2. The van der Waals surface area contributed by atoms with Crippen molar-refractivity contribution in [1.82, 2.24) is 4.98 Å². The number of pyridine rings is 1. The zero-order valence-corrected chi connectivity index (χ0v) is 38.2. The van der Waals surface area contributed by atoms with Crippen molar-refractivity contribution in [2.24, 2.45) is 16.7 Å². The van der Waals surface area contributed by atoms with Crippen LogP contribution in [0.3, 0.4) is 0 Å². The summed E-state index contributed by atoms with van der Waals surface area (Å²) < 4.78 is 7.57. The van der Waals surface area contributed by atoms with Gasteiger partial charge in [-0.2, -0.15) is 0 Å². The van der Waals surface area contributed by atoms with Gasteiger partial charge in [0.15, 0.2) is 5.78 Å². The van der Waals surface area contributed by atoms with Gasteiger partial charge >= 0.3 is 0 Å². The van der Waals surface area contributed by atoms with Gasteiger partial charge in [0.1, 0.15) is 17.1 Å². The number of ketones is 1. The predicted octanol–water partition coefficient (Wildman–Crippen LogP) is 14.8. The van der Waals surface area contributed by atoms with Crippen molar-refractivity contribution >= 4 is 48.9 Å². The minimum absolute atomic E-state index is 0. The van der Waals surface area contributed by atoms with E-state index in [0.717, 1.165) is 65.7 Å². The summed E-state index contributed by atoms with van der Waals surface area (Å²) in [6.07, 6.45) is 7.70. The SMILES string of the molecule is CCC(C)(CC)C(=O)/C=C(\O)C(C)(CC)CC.Cc1oc2c(-c3cc4ccnc(-c5[c-]c6ccccc6c(C(C)(C)C)c5)c4s3)cccc2c1CC(C)C.[Ir]. The summed E-state index contributed by atoms with van der Waals surface area (Å²) in [5.74, 6) is 1.89. The van der Waals surface area contributed by atoms with E-state index in [1.807, 2.05) is 47.7 Å². The van der Waals surface area contributed by atoms with E-state index in [4.69, 9.17) is 9.40 Å². The maximum atomic E-state index is 12.2. The van der Waals surface area contributed by atoms with Gasteiger partial charge < -0.3 is 9.52 Å². The van der Waals surface area contributed by atoms with Crippen molar-refractivity contribution in [1.29, 1.82) is 0 Å². The molecule has 55 heavy (non-hydrogen) atoms.